The fourth-order valence-electron chi connectivity index (χ4n) is 1.34. The first-order chi connectivity index (χ1) is 7.56. The van der Waals surface area contributed by atoms with Gasteiger partial charge in [0.05, 0.1) is 13.7 Å². The smallest absolute Gasteiger partial charge is 0.322 e. The fraction of sp³-hybridized carbons (Fsp3) is 0.700. The molecule has 0 aliphatic carbocycles. The molecular weight excluding hydrogens is 208 g/mol. The summed E-state index contributed by atoms with van der Waals surface area (Å²) in [5, 5.41) is 7.14. The summed E-state index contributed by atoms with van der Waals surface area (Å²) in [6.45, 7) is 6.31. The molecule has 0 amide bonds. The summed E-state index contributed by atoms with van der Waals surface area (Å²) in [6.07, 6.45) is 1.51. The number of ether oxygens (including phenoxy) is 1. The summed E-state index contributed by atoms with van der Waals surface area (Å²) >= 11 is 0. The number of rotatable bonds is 5. The van der Waals surface area contributed by atoms with Gasteiger partial charge in [-0.05, 0) is 20.8 Å². The number of aromatic nitrogens is 3. The lowest BCUT2D eigenvalue weighted by Gasteiger charge is -2.13. The maximum Gasteiger partial charge on any atom is 0.322 e. The van der Waals surface area contributed by atoms with Gasteiger partial charge in [0.1, 0.15) is 18.2 Å². The number of nitrogens with zero attached hydrogens (tertiary/aromatic N) is 3. The maximum atomic E-state index is 11.2. The van der Waals surface area contributed by atoms with Crippen LogP contribution in [0.5, 0.6) is 0 Å². The van der Waals surface area contributed by atoms with Gasteiger partial charge in [0, 0.05) is 6.04 Å². The van der Waals surface area contributed by atoms with Crippen LogP contribution in [-0.2, 0) is 16.1 Å². The van der Waals surface area contributed by atoms with E-state index in [-0.39, 0.29) is 18.1 Å². The van der Waals surface area contributed by atoms with Gasteiger partial charge < -0.3 is 4.74 Å². The van der Waals surface area contributed by atoms with Gasteiger partial charge in [0.2, 0.25) is 0 Å². The molecule has 1 heterocycles. The Hall–Kier alpha value is -1.43. The van der Waals surface area contributed by atoms with Crippen molar-refractivity contribution in [3.05, 3.63) is 12.2 Å². The van der Waals surface area contributed by atoms with Crippen LogP contribution in [0.25, 0.3) is 0 Å². The molecule has 0 aliphatic rings. The van der Waals surface area contributed by atoms with Crippen LogP contribution in [0.4, 0.5) is 0 Å². The Kier molecular flexibility index (Phi) is 4.42. The predicted octanol–water partition coefficient (Wildman–Crippen LogP) is 0.510. The van der Waals surface area contributed by atoms with Gasteiger partial charge in [-0.15, -0.1) is 0 Å². The third-order valence-corrected chi connectivity index (χ3v) is 2.26. The third-order valence-electron chi connectivity index (χ3n) is 2.26. The van der Waals surface area contributed by atoms with Gasteiger partial charge in [0.25, 0.3) is 0 Å². The standard InChI is InChI=1S/C10H18N4O2/c1-7(2)14-9(12-6-13-14)5-11-8(3)10(15)16-4/h6-8,11H,5H2,1-4H3. The zero-order chi connectivity index (χ0) is 12.1. The van der Waals surface area contributed by atoms with E-state index in [1.165, 1.54) is 13.4 Å². The summed E-state index contributed by atoms with van der Waals surface area (Å²) in [6, 6.07) is -0.0879. The van der Waals surface area contributed by atoms with E-state index in [0.29, 0.717) is 6.54 Å². The first kappa shape index (κ1) is 12.6. The Labute approximate surface area is 95.0 Å². The molecule has 0 saturated carbocycles. The van der Waals surface area contributed by atoms with E-state index < -0.39 is 0 Å². The van der Waals surface area contributed by atoms with Crippen LogP contribution >= 0.6 is 0 Å². The second-order valence-electron chi connectivity index (χ2n) is 3.84. The Morgan fingerprint density at radius 1 is 1.56 bits per heavy atom. The van der Waals surface area contributed by atoms with Crippen LogP contribution in [-0.4, -0.2) is 33.9 Å². The highest BCUT2D eigenvalue weighted by Crippen LogP contribution is 2.04. The molecule has 6 nitrogen and oxygen atoms in total. The molecule has 0 radical (unpaired) electrons. The van der Waals surface area contributed by atoms with Crippen LogP contribution in [0.1, 0.15) is 32.6 Å². The van der Waals surface area contributed by atoms with E-state index in [1.54, 1.807) is 6.92 Å². The quantitative estimate of drug-likeness (QED) is 0.741. The van der Waals surface area contributed by atoms with Crippen molar-refractivity contribution in [3.8, 4) is 0 Å². The summed E-state index contributed by atoms with van der Waals surface area (Å²) in [7, 11) is 1.37. The number of methoxy groups -OCH3 is 1. The first-order valence-corrected chi connectivity index (χ1v) is 5.25. The van der Waals surface area contributed by atoms with Crippen molar-refractivity contribution < 1.29 is 9.53 Å². The molecular formula is C10H18N4O2. The molecule has 0 aliphatic heterocycles. The number of carbonyl (C=O) groups is 1. The normalized spacial score (nSPS) is 12.8. The summed E-state index contributed by atoms with van der Waals surface area (Å²) in [4.78, 5) is 15.3. The average molecular weight is 226 g/mol. The Morgan fingerprint density at radius 2 is 2.25 bits per heavy atom. The van der Waals surface area contributed by atoms with Crippen molar-refractivity contribution in [2.75, 3.05) is 7.11 Å². The molecule has 6 heteroatoms. The van der Waals surface area contributed by atoms with E-state index in [0.717, 1.165) is 5.82 Å². The second kappa shape index (κ2) is 5.60. The monoisotopic (exact) mass is 226 g/mol. The molecule has 0 saturated heterocycles. The van der Waals surface area contributed by atoms with Crippen molar-refractivity contribution in [1.82, 2.24) is 20.1 Å². The molecule has 1 aromatic rings. The molecule has 1 rings (SSSR count). The van der Waals surface area contributed by atoms with Crippen molar-refractivity contribution in [2.45, 2.75) is 39.4 Å². The van der Waals surface area contributed by atoms with Gasteiger partial charge in [-0.2, -0.15) is 5.10 Å². The third kappa shape index (κ3) is 3.03. The largest absolute Gasteiger partial charge is 0.468 e. The minimum absolute atomic E-state index is 0.257. The maximum absolute atomic E-state index is 11.2. The predicted molar refractivity (Wildman–Crippen MR) is 58.7 cm³/mol. The molecule has 0 bridgehead atoms. The van der Waals surface area contributed by atoms with Gasteiger partial charge in [0.15, 0.2) is 0 Å². The van der Waals surface area contributed by atoms with E-state index >= 15 is 0 Å². The van der Waals surface area contributed by atoms with Crippen molar-refractivity contribution in [3.63, 3.8) is 0 Å². The van der Waals surface area contributed by atoms with Gasteiger partial charge in [-0.25, -0.2) is 9.67 Å². The topological polar surface area (TPSA) is 69.0 Å². The van der Waals surface area contributed by atoms with Gasteiger partial charge in [-0.3, -0.25) is 10.1 Å². The van der Waals surface area contributed by atoms with Gasteiger partial charge >= 0.3 is 5.97 Å². The van der Waals surface area contributed by atoms with Crippen LogP contribution in [0.15, 0.2) is 6.33 Å². The zero-order valence-electron chi connectivity index (χ0n) is 10.1. The minimum atomic E-state index is -0.345. The zero-order valence-corrected chi connectivity index (χ0v) is 10.1. The summed E-state index contributed by atoms with van der Waals surface area (Å²) in [5.74, 6) is 0.529. The highest BCUT2D eigenvalue weighted by atomic mass is 16.5. The molecule has 0 spiro atoms. The Bertz CT molecular complexity index is 348. The van der Waals surface area contributed by atoms with Crippen LogP contribution in [0.2, 0.25) is 0 Å². The second-order valence-corrected chi connectivity index (χ2v) is 3.84. The lowest BCUT2D eigenvalue weighted by molar-refractivity contribution is -0.142. The molecule has 1 unspecified atom stereocenters. The number of hydrogen-bond acceptors (Lipinski definition) is 5. The average Bonchev–Trinajstić information content (AvgIpc) is 2.72. The molecule has 1 atom stereocenters. The summed E-state index contributed by atoms with van der Waals surface area (Å²) < 4.78 is 6.43. The molecule has 16 heavy (non-hydrogen) atoms. The van der Waals surface area contributed by atoms with Crippen molar-refractivity contribution in [1.29, 1.82) is 0 Å². The minimum Gasteiger partial charge on any atom is -0.468 e. The number of esters is 1. The SMILES string of the molecule is COC(=O)C(C)NCc1ncnn1C(C)C. The number of carbonyl (C=O) groups excluding carboxylic acids is 1. The van der Waals surface area contributed by atoms with E-state index in [1.807, 2.05) is 18.5 Å². The Balaban J connectivity index is 2.54. The van der Waals surface area contributed by atoms with Crippen LogP contribution in [0, 0.1) is 0 Å². The summed E-state index contributed by atoms with van der Waals surface area (Å²) in [5.41, 5.74) is 0. The van der Waals surface area contributed by atoms with Crippen molar-refractivity contribution in [2.24, 2.45) is 0 Å². The van der Waals surface area contributed by atoms with E-state index in [2.05, 4.69) is 20.1 Å². The van der Waals surface area contributed by atoms with Crippen molar-refractivity contribution >= 4 is 5.97 Å². The molecule has 90 valence electrons. The first-order valence-electron chi connectivity index (χ1n) is 5.25. The fourth-order valence-corrected chi connectivity index (χ4v) is 1.34. The molecule has 1 aromatic heterocycles. The van der Waals surface area contributed by atoms with Crippen LogP contribution in [0.3, 0.4) is 0 Å². The molecule has 0 aromatic carbocycles. The Morgan fingerprint density at radius 3 is 2.81 bits per heavy atom. The highest BCUT2D eigenvalue weighted by Gasteiger charge is 2.14. The number of hydrogen-bond donors (Lipinski definition) is 1. The number of nitrogens with one attached hydrogen (secondary N) is 1. The molecule has 1 N–H and O–H groups in total. The lowest BCUT2D eigenvalue weighted by Crippen LogP contribution is -2.35. The molecule has 0 fully saturated rings. The highest BCUT2D eigenvalue weighted by molar-refractivity contribution is 5.74. The lowest BCUT2D eigenvalue weighted by atomic mass is 10.3. The van der Waals surface area contributed by atoms with E-state index in [9.17, 15) is 4.79 Å². The van der Waals surface area contributed by atoms with Crippen LogP contribution < -0.4 is 5.32 Å². The van der Waals surface area contributed by atoms with Gasteiger partial charge in [-0.1, -0.05) is 0 Å². The van der Waals surface area contributed by atoms with E-state index in [4.69, 9.17) is 0 Å².